The monoisotopic (exact) mass is 915 g/mol. The average Bonchev–Trinajstić information content (AvgIpc) is 3.79. The molecule has 2 aliphatic carbocycles. The Bertz CT molecular complexity index is 3310. The molecule has 1 heterocycles. The summed E-state index contributed by atoms with van der Waals surface area (Å²) in [5, 5.41) is 4.51. The topological polar surface area (TPSA) is 38.7 Å². The van der Waals surface area contributed by atoms with Crippen molar-refractivity contribution in [1.82, 2.24) is 15.0 Å². The molecule has 11 rings (SSSR count). The standard InChI is InChI=1S/C61H57N3Si3/c1-65(2,3)47-27-31-51-50-30-26-44(36-54(50)61(55(51)37-47)56-38-48(66(4,5)6)28-32-52(56)53-33-29-49(39-57(53)61)67(7,8)9)43-23-17-25-46(35-43)60-63-58(41-20-14-11-15-21-41)62-59(64-60)45-24-16-22-42(34-45)40-18-12-10-13-19-40/h10-39H,1-9H3. The van der Waals surface area contributed by atoms with Gasteiger partial charge in [0.05, 0.1) is 29.6 Å². The molecular formula is C61H57N3Si3. The van der Waals surface area contributed by atoms with Gasteiger partial charge in [-0.15, -0.1) is 0 Å². The third-order valence-electron chi connectivity index (χ3n) is 14.2. The fourth-order valence-electron chi connectivity index (χ4n) is 10.5. The highest BCUT2D eigenvalue weighted by molar-refractivity contribution is 6.89. The quantitative estimate of drug-likeness (QED) is 0.143. The Hall–Kier alpha value is -6.58. The van der Waals surface area contributed by atoms with Crippen LogP contribution < -0.4 is 15.6 Å². The van der Waals surface area contributed by atoms with Crippen molar-refractivity contribution in [2.45, 2.75) is 64.3 Å². The summed E-state index contributed by atoms with van der Waals surface area (Å²) in [4.78, 5) is 15.5. The zero-order valence-electron chi connectivity index (χ0n) is 40.2. The average molecular weight is 916 g/mol. The summed E-state index contributed by atoms with van der Waals surface area (Å²) in [7, 11) is -5.06. The molecule has 8 aromatic carbocycles. The van der Waals surface area contributed by atoms with Crippen molar-refractivity contribution >= 4 is 39.8 Å². The van der Waals surface area contributed by atoms with E-state index in [9.17, 15) is 0 Å². The molecule has 0 saturated carbocycles. The number of nitrogens with zero attached hydrogens (tertiary/aromatic N) is 3. The minimum Gasteiger partial charge on any atom is -0.208 e. The second-order valence-electron chi connectivity index (χ2n) is 21.7. The van der Waals surface area contributed by atoms with Crippen LogP contribution in [0.15, 0.2) is 182 Å². The molecule has 0 radical (unpaired) electrons. The zero-order valence-corrected chi connectivity index (χ0v) is 43.2. The molecule has 2 aliphatic rings. The van der Waals surface area contributed by atoms with Crippen LogP contribution in [0.1, 0.15) is 22.3 Å². The maximum absolute atomic E-state index is 5.23. The van der Waals surface area contributed by atoms with Crippen molar-refractivity contribution in [2.24, 2.45) is 0 Å². The van der Waals surface area contributed by atoms with Gasteiger partial charge in [0.25, 0.3) is 0 Å². The summed E-state index contributed by atoms with van der Waals surface area (Å²) < 4.78 is 0. The minimum atomic E-state index is -1.69. The Morgan fingerprint density at radius 1 is 0.269 bits per heavy atom. The fraction of sp³-hybridized carbons (Fsp3) is 0.164. The van der Waals surface area contributed by atoms with E-state index in [4.69, 9.17) is 15.0 Å². The minimum absolute atomic E-state index is 0.452. The number of aromatic nitrogens is 3. The molecule has 3 nitrogen and oxygen atoms in total. The highest BCUT2D eigenvalue weighted by Crippen LogP contribution is 2.63. The largest absolute Gasteiger partial charge is 0.208 e. The van der Waals surface area contributed by atoms with Gasteiger partial charge in [-0.1, -0.05) is 238 Å². The smallest absolute Gasteiger partial charge is 0.164 e. The zero-order chi connectivity index (χ0) is 46.5. The Labute approximate surface area is 399 Å². The maximum atomic E-state index is 5.23. The number of hydrogen-bond acceptors (Lipinski definition) is 3. The molecule has 0 saturated heterocycles. The van der Waals surface area contributed by atoms with E-state index in [2.05, 4.69) is 223 Å². The number of hydrogen-bond donors (Lipinski definition) is 0. The molecule has 0 aliphatic heterocycles. The third kappa shape index (κ3) is 7.34. The molecule has 0 amide bonds. The van der Waals surface area contributed by atoms with Crippen molar-refractivity contribution in [3.8, 4) is 78.7 Å². The lowest BCUT2D eigenvalue weighted by atomic mass is 9.70. The van der Waals surface area contributed by atoms with Crippen LogP contribution in [0, 0.1) is 0 Å². The lowest BCUT2D eigenvalue weighted by molar-refractivity contribution is 0.796. The Balaban J connectivity index is 1.12. The van der Waals surface area contributed by atoms with Gasteiger partial charge in [-0.3, -0.25) is 0 Å². The fourth-order valence-corrected chi connectivity index (χ4v) is 13.9. The van der Waals surface area contributed by atoms with E-state index in [-0.39, 0.29) is 0 Å². The van der Waals surface area contributed by atoms with Gasteiger partial charge in [-0.05, 0) is 85.0 Å². The summed E-state index contributed by atoms with van der Waals surface area (Å²) in [6.45, 7) is 22.4. The first-order valence-corrected chi connectivity index (χ1v) is 34.3. The normalized spacial score (nSPS) is 13.6. The first kappa shape index (κ1) is 43.0. The summed E-state index contributed by atoms with van der Waals surface area (Å²) >= 11 is 0. The van der Waals surface area contributed by atoms with E-state index < -0.39 is 29.6 Å². The van der Waals surface area contributed by atoms with Crippen LogP contribution in [0.5, 0.6) is 0 Å². The molecule has 9 aromatic rings. The van der Waals surface area contributed by atoms with Crippen molar-refractivity contribution in [3.05, 3.63) is 204 Å². The second-order valence-corrected chi connectivity index (χ2v) is 37.0. The van der Waals surface area contributed by atoms with Gasteiger partial charge in [0.1, 0.15) is 0 Å². The van der Waals surface area contributed by atoms with Gasteiger partial charge in [0, 0.05) is 16.7 Å². The third-order valence-corrected chi connectivity index (χ3v) is 20.4. The van der Waals surface area contributed by atoms with Crippen LogP contribution in [0.4, 0.5) is 0 Å². The molecule has 0 fully saturated rings. The summed E-state index contributed by atoms with van der Waals surface area (Å²) in [5.74, 6) is 1.95. The molecule has 328 valence electrons. The molecular weight excluding hydrogens is 859 g/mol. The lowest BCUT2D eigenvalue weighted by Gasteiger charge is -2.33. The van der Waals surface area contributed by atoms with Gasteiger partial charge < -0.3 is 0 Å². The van der Waals surface area contributed by atoms with E-state index in [1.807, 2.05) is 18.2 Å². The van der Waals surface area contributed by atoms with E-state index in [0.717, 1.165) is 33.4 Å². The molecule has 0 N–H and O–H groups in total. The molecule has 0 unspecified atom stereocenters. The molecule has 1 aromatic heterocycles. The lowest BCUT2D eigenvalue weighted by Crippen LogP contribution is -2.41. The maximum Gasteiger partial charge on any atom is 0.164 e. The van der Waals surface area contributed by atoms with Crippen LogP contribution in [0.3, 0.4) is 0 Å². The molecule has 0 bridgehead atoms. The van der Waals surface area contributed by atoms with Crippen LogP contribution in [0.2, 0.25) is 58.9 Å². The summed E-state index contributed by atoms with van der Waals surface area (Å²) in [6.07, 6.45) is 0. The predicted molar refractivity (Wildman–Crippen MR) is 292 cm³/mol. The first-order chi connectivity index (χ1) is 32.1. The molecule has 6 heteroatoms. The van der Waals surface area contributed by atoms with Crippen LogP contribution in [-0.2, 0) is 5.41 Å². The summed E-state index contributed by atoms with van der Waals surface area (Å²) in [5.41, 5.74) is 18.1. The van der Waals surface area contributed by atoms with Gasteiger partial charge in [0.2, 0.25) is 0 Å². The second kappa shape index (κ2) is 15.8. The Morgan fingerprint density at radius 2 is 0.582 bits per heavy atom. The Morgan fingerprint density at radius 3 is 1.00 bits per heavy atom. The van der Waals surface area contributed by atoms with Crippen LogP contribution >= 0.6 is 0 Å². The number of rotatable bonds is 8. The van der Waals surface area contributed by atoms with Crippen molar-refractivity contribution in [3.63, 3.8) is 0 Å². The molecule has 67 heavy (non-hydrogen) atoms. The van der Waals surface area contributed by atoms with E-state index in [1.165, 1.54) is 65.6 Å². The molecule has 1 spiro atoms. The predicted octanol–water partition coefficient (Wildman–Crippen LogP) is 14.2. The van der Waals surface area contributed by atoms with Gasteiger partial charge in [0.15, 0.2) is 17.5 Å². The van der Waals surface area contributed by atoms with Gasteiger partial charge >= 0.3 is 0 Å². The molecule has 0 atom stereocenters. The van der Waals surface area contributed by atoms with E-state index in [0.29, 0.717) is 17.5 Å². The number of fused-ring (bicyclic) bond motifs is 10. The van der Waals surface area contributed by atoms with Gasteiger partial charge in [-0.2, -0.15) is 0 Å². The summed E-state index contributed by atoms with van der Waals surface area (Å²) in [6, 6.07) is 67.9. The van der Waals surface area contributed by atoms with Crippen LogP contribution in [0.25, 0.3) is 78.7 Å². The first-order valence-electron chi connectivity index (χ1n) is 23.8. The van der Waals surface area contributed by atoms with Gasteiger partial charge in [-0.25, -0.2) is 15.0 Å². The van der Waals surface area contributed by atoms with Crippen molar-refractivity contribution in [2.75, 3.05) is 0 Å². The number of benzene rings is 8. The Kier molecular flexibility index (Phi) is 10.1. The van der Waals surface area contributed by atoms with E-state index in [1.54, 1.807) is 0 Å². The van der Waals surface area contributed by atoms with Crippen molar-refractivity contribution in [1.29, 1.82) is 0 Å². The highest BCUT2D eigenvalue weighted by atomic mass is 28.3. The SMILES string of the molecule is C[Si](C)(C)c1ccc2c(c1)C1(c3cc(-c4cccc(-c5nc(-c6ccccc6)nc(-c6cccc(-c7ccccc7)c6)n5)c4)ccc3-2)c2cc([Si](C)(C)C)ccc2-c2ccc([Si](C)(C)C)cc21. The van der Waals surface area contributed by atoms with Crippen LogP contribution in [-0.4, -0.2) is 39.2 Å². The van der Waals surface area contributed by atoms with E-state index >= 15 is 0 Å². The highest BCUT2D eigenvalue weighted by Gasteiger charge is 2.53. The van der Waals surface area contributed by atoms with Crippen molar-refractivity contribution < 1.29 is 0 Å².